The van der Waals surface area contributed by atoms with Crippen LogP contribution in [0.3, 0.4) is 0 Å². The van der Waals surface area contributed by atoms with E-state index in [1.54, 1.807) is 24.3 Å². The van der Waals surface area contributed by atoms with Crippen molar-refractivity contribution in [2.45, 2.75) is 30.8 Å². The molecule has 0 spiro atoms. The molecule has 1 aliphatic heterocycles. The first-order chi connectivity index (χ1) is 11.1. The molecule has 1 fully saturated rings. The number of carbonyl (C=O) groups excluding carboxylic acids is 1. The minimum absolute atomic E-state index is 0.0561. The number of carbonyl (C=O) groups is 1. The second-order valence-corrected chi connectivity index (χ2v) is 5.21. The monoisotopic (exact) mass is 327 g/mol. The molecule has 1 aromatic rings. The van der Waals surface area contributed by atoms with Crippen molar-refractivity contribution in [2.24, 2.45) is 0 Å². The zero-order chi connectivity index (χ0) is 17.2. The Morgan fingerprint density at radius 2 is 2.09 bits per heavy atom. The maximum atomic E-state index is 10.3. The van der Waals surface area contributed by atoms with E-state index in [1.165, 1.54) is 0 Å². The number of aliphatic hydroxyl groups is 3. The summed E-state index contributed by atoms with van der Waals surface area (Å²) in [5.74, 6) is 0.478. The van der Waals surface area contributed by atoms with Gasteiger partial charge in [0, 0.05) is 6.42 Å². The molecule has 0 radical (unpaired) electrons. The summed E-state index contributed by atoms with van der Waals surface area (Å²) in [6.45, 7) is -0.277. The van der Waals surface area contributed by atoms with Gasteiger partial charge in [0.05, 0.1) is 18.8 Å². The Morgan fingerprint density at radius 1 is 1.39 bits per heavy atom. The minimum atomic E-state index is -1.07. The molecule has 7 nitrogen and oxygen atoms in total. The highest BCUT2D eigenvalue weighted by Gasteiger charge is 2.37. The van der Waals surface area contributed by atoms with E-state index in [4.69, 9.17) is 14.6 Å². The van der Waals surface area contributed by atoms with Gasteiger partial charge in [-0.2, -0.15) is 0 Å². The molecule has 4 atom stereocenters. The molecule has 4 N–H and O–H groups in total. The Morgan fingerprint density at radius 3 is 2.70 bits per heavy atom. The van der Waals surface area contributed by atoms with E-state index in [2.05, 4.69) is 5.32 Å². The average Bonchev–Trinajstić information content (AvgIpc) is 2.56. The van der Waals surface area contributed by atoms with E-state index < -0.39 is 24.4 Å². The second kappa shape index (κ2) is 10.3. The Kier molecular flexibility index (Phi) is 8.75. The summed E-state index contributed by atoms with van der Waals surface area (Å²) in [6, 6.07) is 6.76. The molecule has 1 heterocycles. The van der Waals surface area contributed by atoms with Gasteiger partial charge in [-0.15, -0.1) is 0 Å². The van der Waals surface area contributed by atoms with Gasteiger partial charge in [0.25, 0.3) is 0 Å². The lowest BCUT2D eigenvalue weighted by molar-refractivity contribution is -0.179. The molecule has 130 valence electrons. The Balaban J connectivity index is 0.000000816. The van der Waals surface area contributed by atoms with Crippen molar-refractivity contribution in [1.29, 1.82) is 0 Å². The van der Waals surface area contributed by atoms with E-state index in [-0.39, 0.29) is 19.6 Å². The van der Waals surface area contributed by atoms with Crippen molar-refractivity contribution in [2.75, 3.05) is 27.3 Å². The number of hydrogen-bond donors (Lipinski definition) is 4. The third-order valence-corrected chi connectivity index (χ3v) is 3.26. The highest BCUT2D eigenvalue weighted by atomic mass is 16.5. The Hall–Kier alpha value is -1.51. The number of nitrogens with one attached hydrogen (secondary N) is 1. The second-order valence-electron chi connectivity index (χ2n) is 5.21. The quantitative estimate of drug-likeness (QED) is 0.547. The number of rotatable bonds is 5. The lowest BCUT2D eigenvalue weighted by Gasteiger charge is -2.36. The maximum absolute atomic E-state index is 10.3. The van der Waals surface area contributed by atoms with E-state index in [0.717, 1.165) is 0 Å². The van der Waals surface area contributed by atoms with Gasteiger partial charge >= 0.3 is 0 Å². The summed E-state index contributed by atoms with van der Waals surface area (Å²) < 4.78 is 10.8. The molecule has 0 amide bonds. The number of ether oxygens (including phenoxy) is 2. The molecule has 7 heteroatoms. The molecule has 0 saturated carbocycles. The average molecular weight is 327 g/mol. The van der Waals surface area contributed by atoms with Crippen LogP contribution in [0.1, 0.15) is 18.1 Å². The predicted octanol–water partition coefficient (Wildman–Crippen LogP) is -0.356. The largest absolute Gasteiger partial charge is 0.486 e. The number of aldehydes is 1. The fourth-order valence-corrected chi connectivity index (χ4v) is 2.26. The first kappa shape index (κ1) is 19.5. The Labute approximate surface area is 135 Å². The molecule has 23 heavy (non-hydrogen) atoms. The molecule has 1 aliphatic rings. The molecular weight excluding hydrogens is 302 g/mol. The van der Waals surface area contributed by atoms with Crippen LogP contribution in [0, 0.1) is 0 Å². The molecule has 0 bridgehead atoms. The molecule has 0 aliphatic carbocycles. The zero-order valence-corrected chi connectivity index (χ0v) is 13.4. The number of benzene rings is 1. The first-order valence-corrected chi connectivity index (χ1v) is 7.44. The molecule has 1 aromatic carbocycles. The molecule has 2 rings (SSSR count). The van der Waals surface area contributed by atoms with Gasteiger partial charge in [0.15, 0.2) is 6.29 Å². The number of hydrogen-bond acceptors (Lipinski definition) is 7. The van der Waals surface area contributed by atoms with Crippen molar-refractivity contribution >= 4 is 6.29 Å². The fraction of sp³-hybridized carbons (Fsp3) is 0.562. The van der Waals surface area contributed by atoms with Crippen molar-refractivity contribution in [3.8, 4) is 5.75 Å². The molecule has 3 unspecified atom stereocenters. The third-order valence-electron chi connectivity index (χ3n) is 3.26. The van der Waals surface area contributed by atoms with Crippen LogP contribution in [0.5, 0.6) is 5.75 Å². The van der Waals surface area contributed by atoms with Crippen molar-refractivity contribution in [3.05, 3.63) is 29.8 Å². The normalized spacial score (nSPS) is 26.8. The van der Waals surface area contributed by atoms with Crippen molar-refractivity contribution in [1.82, 2.24) is 5.32 Å². The lowest BCUT2D eigenvalue weighted by atomic mass is 9.93. The summed E-state index contributed by atoms with van der Waals surface area (Å²) in [5.41, 5.74) is 0.623. The molecule has 1 saturated heterocycles. The van der Waals surface area contributed by atoms with Gasteiger partial charge in [-0.3, -0.25) is 4.79 Å². The van der Waals surface area contributed by atoms with Crippen LogP contribution in [0.15, 0.2) is 24.3 Å². The lowest BCUT2D eigenvalue weighted by Crippen LogP contribution is -2.44. The Bertz CT molecular complexity index is 470. The molecule has 0 aromatic heterocycles. The van der Waals surface area contributed by atoms with E-state index in [9.17, 15) is 15.0 Å². The SMILES string of the molecule is CNC.O=CCOc1cccc([C@H]2OC(CO)CC(O)C2O)c1. The van der Waals surface area contributed by atoms with Crippen LogP contribution in [0.2, 0.25) is 0 Å². The highest BCUT2D eigenvalue weighted by Crippen LogP contribution is 2.33. The van der Waals surface area contributed by atoms with E-state index in [1.807, 2.05) is 14.1 Å². The van der Waals surface area contributed by atoms with Crippen LogP contribution < -0.4 is 10.1 Å². The van der Waals surface area contributed by atoms with Crippen LogP contribution in [-0.4, -0.2) is 67.2 Å². The van der Waals surface area contributed by atoms with Gasteiger partial charge < -0.3 is 30.1 Å². The van der Waals surface area contributed by atoms with E-state index >= 15 is 0 Å². The summed E-state index contributed by atoms with van der Waals surface area (Å²) >= 11 is 0. The summed E-state index contributed by atoms with van der Waals surface area (Å²) in [7, 11) is 3.75. The maximum Gasteiger partial charge on any atom is 0.157 e. The first-order valence-electron chi connectivity index (χ1n) is 7.44. The summed E-state index contributed by atoms with van der Waals surface area (Å²) in [5, 5.41) is 31.7. The zero-order valence-electron chi connectivity index (χ0n) is 13.4. The van der Waals surface area contributed by atoms with Crippen LogP contribution in [-0.2, 0) is 9.53 Å². The standard InChI is InChI=1S/C14H18O6.C2H7N/c15-4-5-19-10-3-1-2-9(6-10)14-13(18)12(17)7-11(8-16)20-14;1-3-2/h1-4,6,11-14,16-18H,5,7-8H2;3H,1-2H3/t11?,12?,13?,14-;/m1./s1. The van der Waals surface area contributed by atoms with Crippen LogP contribution in [0.4, 0.5) is 0 Å². The summed E-state index contributed by atoms with van der Waals surface area (Å²) in [4.78, 5) is 10.3. The predicted molar refractivity (Wildman–Crippen MR) is 84.3 cm³/mol. The van der Waals surface area contributed by atoms with Crippen LogP contribution in [0.25, 0.3) is 0 Å². The third kappa shape index (κ3) is 5.89. The minimum Gasteiger partial charge on any atom is -0.486 e. The van der Waals surface area contributed by atoms with Crippen molar-refractivity contribution < 1.29 is 29.6 Å². The van der Waals surface area contributed by atoms with Crippen LogP contribution >= 0.6 is 0 Å². The highest BCUT2D eigenvalue weighted by molar-refractivity contribution is 5.51. The summed E-state index contributed by atoms with van der Waals surface area (Å²) in [6.07, 6.45) is -2.45. The van der Waals surface area contributed by atoms with Gasteiger partial charge in [-0.1, -0.05) is 12.1 Å². The van der Waals surface area contributed by atoms with Gasteiger partial charge in [0.2, 0.25) is 0 Å². The van der Waals surface area contributed by atoms with Crippen molar-refractivity contribution in [3.63, 3.8) is 0 Å². The fourth-order valence-electron chi connectivity index (χ4n) is 2.26. The van der Waals surface area contributed by atoms with E-state index in [0.29, 0.717) is 17.6 Å². The van der Waals surface area contributed by atoms with Gasteiger partial charge in [-0.05, 0) is 31.8 Å². The van der Waals surface area contributed by atoms with Gasteiger partial charge in [-0.25, -0.2) is 0 Å². The number of aliphatic hydroxyl groups excluding tert-OH is 3. The smallest absolute Gasteiger partial charge is 0.157 e. The topological polar surface area (TPSA) is 108 Å². The van der Waals surface area contributed by atoms with Gasteiger partial charge in [0.1, 0.15) is 24.6 Å². The molecular formula is C16H25NO6.